The highest BCUT2D eigenvalue weighted by molar-refractivity contribution is 7.92. The molecule has 2 fully saturated rings. The Labute approximate surface area is 140 Å². The number of anilines is 1. The Bertz CT molecular complexity index is 542. The van der Waals surface area contributed by atoms with Crippen LogP contribution in [0.2, 0.25) is 0 Å². The quantitative estimate of drug-likeness (QED) is 0.509. The Hall–Kier alpha value is -1.32. The molecule has 0 aromatic heterocycles. The lowest BCUT2D eigenvalue weighted by Gasteiger charge is -2.18. The van der Waals surface area contributed by atoms with Crippen LogP contribution in [0.1, 0.15) is 11.5 Å². The largest absolute Gasteiger partial charge is 0.443 e. The summed E-state index contributed by atoms with van der Waals surface area (Å²) in [7, 11) is 3.81. The molecule has 23 heavy (non-hydrogen) atoms. The summed E-state index contributed by atoms with van der Waals surface area (Å²) in [5, 5.41) is 3.03. The minimum Gasteiger partial charge on any atom is -0.443 e. The summed E-state index contributed by atoms with van der Waals surface area (Å²) in [6.45, 7) is 2.56. The van der Waals surface area contributed by atoms with Crippen LogP contribution in [0.3, 0.4) is 0 Å². The van der Waals surface area contributed by atoms with Crippen molar-refractivity contribution >= 4 is 24.0 Å². The van der Waals surface area contributed by atoms with Crippen molar-refractivity contribution in [2.75, 3.05) is 45.2 Å². The molecule has 2 aliphatic heterocycles. The first-order chi connectivity index (χ1) is 11.2. The molecule has 0 saturated carbocycles. The predicted octanol–water partition coefficient (Wildman–Crippen LogP) is 1.77. The number of hydrogen-bond acceptors (Lipinski definition) is 7. The molecule has 0 spiro atoms. The Morgan fingerprint density at radius 1 is 1.30 bits per heavy atom. The fraction of sp³-hybridized carbons (Fsp3) is 0.533. The van der Waals surface area contributed by atoms with Crippen LogP contribution in [-0.4, -0.2) is 56.8 Å². The van der Waals surface area contributed by atoms with E-state index in [2.05, 4.69) is 5.32 Å². The van der Waals surface area contributed by atoms with Crippen LogP contribution in [0, 0.1) is 0 Å². The highest BCUT2D eigenvalue weighted by Gasteiger charge is 2.32. The topological polar surface area (TPSA) is 63.3 Å². The Kier molecular flexibility index (Phi) is 5.39. The van der Waals surface area contributed by atoms with E-state index in [0.29, 0.717) is 19.7 Å². The van der Waals surface area contributed by atoms with Crippen molar-refractivity contribution in [3.63, 3.8) is 0 Å². The van der Waals surface area contributed by atoms with Crippen LogP contribution >= 0.6 is 12.2 Å². The molecule has 126 valence electrons. The molecule has 7 nitrogen and oxygen atoms in total. The second kappa shape index (κ2) is 7.50. The number of carbonyl (C=O) groups is 1. The summed E-state index contributed by atoms with van der Waals surface area (Å²) in [4.78, 5) is 18.8. The van der Waals surface area contributed by atoms with Gasteiger partial charge in [-0.2, -0.15) is 0 Å². The number of rotatable bonds is 4. The summed E-state index contributed by atoms with van der Waals surface area (Å²) < 4.78 is 12.3. The number of nitrogens with zero attached hydrogens (tertiary/aromatic N) is 2. The molecule has 1 N–H and O–H groups in total. The third-order valence-electron chi connectivity index (χ3n) is 3.93. The van der Waals surface area contributed by atoms with E-state index in [0.717, 1.165) is 17.8 Å². The van der Waals surface area contributed by atoms with Crippen molar-refractivity contribution in [1.82, 2.24) is 9.62 Å². The van der Waals surface area contributed by atoms with E-state index >= 15 is 0 Å². The van der Waals surface area contributed by atoms with Gasteiger partial charge in [0.2, 0.25) is 0 Å². The maximum Gasteiger partial charge on any atom is 0.414 e. The Morgan fingerprint density at radius 2 is 2.09 bits per heavy atom. The zero-order valence-corrected chi connectivity index (χ0v) is 14.0. The van der Waals surface area contributed by atoms with Crippen LogP contribution < -0.4 is 10.2 Å². The van der Waals surface area contributed by atoms with Gasteiger partial charge in [-0.3, -0.25) is 4.90 Å². The lowest BCUT2D eigenvalue weighted by Crippen LogP contribution is -2.29. The molecule has 1 unspecified atom stereocenters. The van der Waals surface area contributed by atoms with Gasteiger partial charge in [0.1, 0.15) is 18.3 Å². The van der Waals surface area contributed by atoms with Gasteiger partial charge >= 0.3 is 6.09 Å². The average Bonchev–Trinajstić information content (AvgIpc) is 2.77. The van der Waals surface area contributed by atoms with E-state index in [1.165, 1.54) is 12.2 Å². The zero-order chi connectivity index (χ0) is 16.2. The zero-order valence-electron chi connectivity index (χ0n) is 13.2. The average molecular weight is 339 g/mol. The Balaban J connectivity index is 1.68. The van der Waals surface area contributed by atoms with E-state index < -0.39 is 0 Å². The summed E-state index contributed by atoms with van der Waals surface area (Å²) in [5.74, 6) is 0.228. The van der Waals surface area contributed by atoms with Gasteiger partial charge in [-0.25, -0.2) is 14.0 Å². The number of hydrogen-bond donors (Lipinski definition) is 1. The second-order valence-corrected chi connectivity index (χ2v) is 6.61. The van der Waals surface area contributed by atoms with Gasteiger partial charge in [-0.15, -0.1) is 4.33 Å². The summed E-state index contributed by atoms with van der Waals surface area (Å²) in [6.07, 6.45) is -0.398. The first-order valence-corrected chi connectivity index (χ1v) is 8.27. The molecule has 2 heterocycles. The van der Waals surface area contributed by atoms with Crippen LogP contribution in [0.15, 0.2) is 24.3 Å². The van der Waals surface area contributed by atoms with Crippen molar-refractivity contribution < 1.29 is 18.8 Å². The van der Waals surface area contributed by atoms with Gasteiger partial charge in [0.15, 0.2) is 0 Å². The number of benzene rings is 1. The fourth-order valence-electron chi connectivity index (χ4n) is 2.77. The normalized spacial score (nSPS) is 26.2. The number of likely N-dealkylation sites (N-methyl/N-ethyl adjacent to an activating group) is 2. The smallest absolute Gasteiger partial charge is 0.414 e. The molecule has 8 heteroatoms. The van der Waals surface area contributed by atoms with Gasteiger partial charge in [0.25, 0.3) is 0 Å². The highest BCUT2D eigenvalue weighted by atomic mass is 32.2. The number of ether oxygens (including phenoxy) is 1. The lowest BCUT2D eigenvalue weighted by atomic mass is 9.99. The highest BCUT2D eigenvalue weighted by Crippen LogP contribution is 2.28. The molecule has 1 aromatic carbocycles. The van der Waals surface area contributed by atoms with Crippen molar-refractivity contribution in [2.45, 2.75) is 12.0 Å². The van der Waals surface area contributed by atoms with Crippen molar-refractivity contribution in [1.29, 1.82) is 0 Å². The molecule has 3 rings (SSSR count). The molecule has 0 bridgehead atoms. The summed E-state index contributed by atoms with van der Waals surface area (Å²) in [5.41, 5.74) is 2.01. The van der Waals surface area contributed by atoms with E-state index in [1.54, 1.807) is 4.90 Å². The first-order valence-electron chi connectivity index (χ1n) is 7.57. The molecule has 1 amide bonds. The van der Waals surface area contributed by atoms with Crippen molar-refractivity contribution in [3.05, 3.63) is 29.8 Å². The van der Waals surface area contributed by atoms with Crippen LogP contribution in [0.25, 0.3) is 0 Å². The molecule has 2 aliphatic rings. The van der Waals surface area contributed by atoms with E-state index in [9.17, 15) is 4.79 Å². The monoisotopic (exact) mass is 339 g/mol. The lowest BCUT2D eigenvalue weighted by molar-refractivity contribution is -0.191. The molecule has 2 saturated heterocycles. The van der Waals surface area contributed by atoms with Gasteiger partial charge in [-0.1, -0.05) is 12.1 Å². The standard InChI is InChI=1S/C15H21N3O4S/c1-16-7-14-9-18(15(19)21-14)13-5-3-11(4-6-13)12-8-17(2)23-22-20-10-12/h3-6,12,14,16H,7-10H2,1-2H3/t12?,14-/m0/s1. The van der Waals surface area contributed by atoms with Crippen molar-refractivity contribution in [2.24, 2.45) is 0 Å². The molecule has 0 radical (unpaired) electrons. The SMILES string of the molecule is CNC[C@H]1CN(c2ccc(C3COOSN(C)C3)cc2)C(=O)O1. The minimum absolute atomic E-state index is 0.106. The molecule has 0 aliphatic carbocycles. The van der Waals surface area contributed by atoms with Crippen molar-refractivity contribution in [3.8, 4) is 0 Å². The van der Waals surface area contributed by atoms with E-state index in [4.69, 9.17) is 14.0 Å². The first kappa shape index (κ1) is 16.5. The molecule has 1 aromatic rings. The number of carbonyl (C=O) groups excluding carboxylic acids is 1. The Morgan fingerprint density at radius 3 is 2.83 bits per heavy atom. The number of amides is 1. The molecular formula is C15H21N3O4S. The van der Waals surface area contributed by atoms with E-state index in [1.807, 2.05) is 42.7 Å². The minimum atomic E-state index is -0.291. The summed E-state index contributed by atoms with van der Waals surface area (Å²) in [6, 6.07) is 7.98. The predicted molar refractivity (Wildman–Crippen MR) is 88.0 cm³/mol. The van der Waals surface area contributed by atoms with Crippen LogP contribution in [-0.2, 0) is 14.0 Å². The molecular weight excluding hydrogens is 318 g/mol. The maximum atomic E-state index is 12.0. The van der Waals surface area contributed by atoms with Gasteiger partial charge in [0, 0.05) is 24.7 Å². The van der Waals surface area contributed by atoms with Gasteiger partial charge < -0.3 is 10.1 Å². The number of nitrogens with one attached hydrogen (secondary N) is 1. The fourth-order valence-corrected chi connectivity index (χ4v) is 3.21. The third-order valence-corrected chi connectivity index (χ3v) is 4.50. The number of cyclic esters (lactones) is 1. The summed E-state index contributed by atoms with van der Waals surface area (Å²) >= 11 is 1.20. The second-order valence-electron chi connectivity index (χ2n) is 5.70. The van der Waals surface area contributed by atoms with Crippen LogP contribution in [0.5, 0.6) is 0 Å². The maximum absolute atomic E-state index is 12.0. The molecule has 2 atom stereocenters. The van der Waals surface area contributed by atoms with E-state index in [-0.39, 0.29) is 18.1 Å². The van der Waals surface area contributed by atoms with Gasteiger partial charge in [0.05, 0.1) is 13.2 Å². The third kappa shape index (κ3) is 3.96. The van der Waals surface area contributed by atoms with Crippen LogP contribution in [0.4, 0.5) is 10.5 Å². The van der Waals surface area contributed by atoms with Gasteiger partial charge in [-0.05, 0) is 31.8 Å².